The molecule has 1 aliphatic carbocycles. The van der Waals surface area contributed by atoms with Crippen LogP contribution in [-0.4, -0.2) is 18.0 Å². The van der Waals surface area contributed by atoms with Crippen LogP contribution >= 0.6 is 0 Å². The number of nitrogens with zero attached hydrogens (tertiary/aromatic N) is 1. The van der Waals surface area contributed by atoms with Gasteiger partial charge in [0.15, 0.2) is 0 Å². The first-order chi connectivity index (χ1) is 7.43. The number of hydrogen-bond donors (Lipinski definition) is 3. The highest BCUT2D eigenvalue weighted by molar-refractivity contribution is 5.79. The topological polar surface area (TPSA) is 62.4 Å². The minimum absolute atomic E-state index is 0.356. The fourth-order valence-electron chi connectivity index (χ4n) is 2.09. The normalized spacial score (nSPS) is 22.2. The molecule has 4 N–H and O–H groups in total. The lowest BCUT2D eigenvalue weighted by atomic mass is 9.76. The van der Waals surface area contributed by atoms with Crippen molar-refractivity contribution in [1.29, 1.82) is 0 Å². The minimum atomic E-state index is 0.356. The Balaban J connectivity index is 2.49. The van der Waals surface area contributed by atoms with E-state index in [1.54, 1.807) is 0 Å². The Morgan fingerprint density at radius 2 is 1.88 bits per heavy atom. The maximum atomic E-state index is 5.45. The van der Waals surface area contributed by atoms with Crippen LogP contribution in [0.1, 0.15) is 53.4 Å². The largest absolute Gasteiger partial charge is 0.353 e. The van der Waals surface area contributed by atoms with Gasteiger partial charge in [-0.05, 0) is 44.9 Å². The van der Waals surface area contributed by atoms with Gasteiger partial charge in [-0.25, -0.2) is 10.8 Å². The number of rotatable bonds is 2. The Morgan fingerprint density at radius 1 is 1.31 bits per heavy atom. The van der Waals surface area contributed by atoms with Crippen LogP contribution in [0.5, 0.6) is 0 Å². The van der Waals surface area contributed by atoms with Gasteiger partial charge in [0.05, 0.1) is 6.04 Å². The molecule has 16 heavy (non-hydrogen) atoms. The van der Waals surface area contributed by atoms with E-state index in [4.69, 9.17) is 5.84 Å². The van der Waals surface area contributed by atoms with Crippen molar-refractivity contribution in [2.24, 2.45) is 16.3 Å². The summed E-state index contributed by atoms with van der Waals surface area (Å²) in [4.78, 5) is 4.63. The molecule has 94 valence electrons. The van der Waals surface area contributed by atoms with Crippen molar-refractivity contribution in [1.82, 2.24) is 10.7 Å². The van der Waals surface area contributed by atoms with Crippen LogP contribution < -0.4 is 16.6 Å². The smallest absolute Gasteiger partial charge is 0.206 e. The van der Waals surface area contributed by atoms with Crippen molar-refractivity contribution in [2.45, 2.75) is 65.5 Å². The predicted octanol–water partition coefficient (Wildman–Crippen LogP) is 1.77. The molecule has 0 aromatic heterocycles. The van der Waals surface area contributed by atoms with Gasteiger partial charge in [0, 0.05) is 6.04 Å². The van der Waals surface area contributed by atoms with E-state index in [-0.39, 0.29) is 0 Å². The molecule has 0 radical (unpaired) electrons. The van der Waals surface area contributed by atoms with Crippen LogP contribution in [0.4, 0.5) is 0 Å². The Kier molecular flexibility index (Phi) is 4.59. The molecule has 0 aliphatic heterocycles. The molecule has 0 aromatic carbocycles. The molecule has 0 bridgehead atoms. The second-order valence-corrected chi connectivity index (χ2v) is 5.82. The maximum Gasteiger partial charge on any atom is 0.206 e. The molecule has 1 rings (SSSR count). The number of hydrazine groups is 1. The number of hydrogen-bond acceptors (Lipinski definition) is 2. The molecule has 1 fully saturated rings. The summed E-state index contributed by atoms with van der Waals surface area (Å²) in [6.45, 7) is 8.83. The summed E-state index contributed by atoms with van der Waals surface area (Å²) in [5, 5.41) is 3.21. The van der Waals surface area contributed by atoms with Gasteiger partial charge < -0.3 is 5.32 Å². The molecular weight excluding hydrogens is 200 g/mol. The molecule has 0 unspecified atom stereocenters. The molecule has 4 nitrogen and oxygen atoms in total. The first-order valence-corrected chi connectivity index (χ1v) is 6.24. The number of nitrogens with two attached hydrogens (primary N) is 1. The van der Waals surface area contributed by atoms with Crippen LogP contribution in [0.15, 0.2) is 4.99 Å². The first kappa shape index (κ1) is 13.3. The molecular formula is C12H26N4. The molecule has 0 spiro atoms. The van der Waals surface area contributed by atoms with E-state index in [0.29, 0.717) is 17.5 Å². The molecule has 0 saturated heterocycles. The van der Waals surface area contributed by atoms with Crippen molar-refractivity contribution in [3.63, 3.8) is 0 Å². The van der Waals surface area contributed by atoms with E-state index < -0.39 is 0 Å². The second-order valence-electron chi connectivity index (χ2n) is 5.82. The van der Waals surface area contributed by atoms with Gasteiger partial charge in [-0.15, -0.1) is 0 Å². The Bertz CT molecular complexity index is 235. The molecule has 4 heteroatoms. The molecule has 1 aliphatic rings. The third kappa shape index (κ3) is 4.39. The van der Waals surface area contributed by atoms with Gasteiger partial charge in [-0.2, -0.15) is 0 Å². The van der Waals surface area contributed by atoms with Crippen molar-refractivity contribution < 1.29 is 0 Å². The highest BCUT2D eigenvalue weighted by Crippen LogP contribution is 2.36. The fourth-order valence-corrected chi connectivity index (χ4v) is 2.09. The van der Waals surface area contributed by atoms with E-state index in [1.165, 1.54) is 12.8 Å². The first-order valence-electron chi connectivity index (χ1n) is 6.24. The van der Waals surface area contributed by atoms with Crippen LogP contribution in [0.25, 0.3) is 0 Å². The average Bonchev–Trinajstić information content (AvgIpc) is 2.19. The zero-order valence-electron chi connectivity index (χ0n) is 11.0. The predicted molar refractivity (Wildman–Crippen MR) is 69.1 cm³/mol. The Labute approximate surface area is 99.1 Å². The van der Waals surface area contributed by atoms with E-state index in [1.807, 2.05) is 0 Å². The van der Waals surface area contributed by atoms with Gasteiger partial charge in [0.2, 0.25) is 5.96 Å². The number of nitrogens with one attached hydrogen (secondary N) is 2. The van der Waals surface area contributed by atoms with E-state index in [2.05, 4.69) is 43.4 Å². The highest BCUT2D eigenvalue weighted by atomic mass is 15.3. The van der Waals surface area contributed by atoms with Crippen LogP contribution in [0, 0.1) is 5.41 Å². The molecule has 0 aromatic rings. The lowest BCUT2D eigenvalue weighted by Crippen LogP contribution is -2.45. The minimum Gasteiger partial charge on any atom is -0.353 e. The third-order valence-corrected chi connectivity index (χ3v) is 3.18. The number of guanidine groups is 1. The van der Waals surface area contributed by atoms with E-state index in [0.717, 1.165) is 18.8 Å². The monoisotopic (exact) mass is 226 g/mol. The summed E-state index contributed by atoms with van der Waals surface area (Å²) >= 11 is 0. The van der Waals surface area contributed by atoms with Gasteiger partial charge >= 0.3 is 0 Å². The molecule has 1 saturated carbocycles. The van der Waals surface area contributed by atoms with E-state index >= 15 is 0 Å². The Hall–Kier alpha value is -0.770. The summed E-state index contributed by atoms with van der Waals surface area (Å²) in [7, 11) is 0. The third-order valence-electron chi connectivity index (χ3n) is 3.18. The summed E-state index contributed by atoms with van der Waals surface area (Å²) in [5.41, 5.74) is 3.13. The SMILES string of the molecule is CC(C)NC(=NC1CCC(C)(C)CC1)NN. The van der Waals surface area contributed by atoms with Crippen molar-refractivity contribution in [2.75, 3.05) is 0 Å². The number of aliphatic imine (C=N–C) groups is 1. The summed E-state index contributed by atoms with van der Waals surface area (Å²) in [5.74, 6) is 6.17. The standard InChI is InChI=1S/C12H26N4/c1-9(2)14-11(16-13)15-10-5-7-12(3,4)8-6-10/h9-10H,5-8,13H2,1-4H3,(H2,14,15,16). The van der Waals surface area contributed by atoms with Gasteiger partial charge in [0.1, 0.15) is 0 Å². The summed E-state index contributed by atoms with van der Waals surface area (Å²) in [6.07, 6.45) is 4.83. The van der Waals surface area contributed by atoms with Crippen molar-refractivity contribution in [3.8, 4) is 0 Å². The van der Waals surface area contributed by atoms with Crippen LogP contribution in [0.2, 0.25) is 0 Å². The van der Waals surface area contributed by atoms with Gasteiger partial charge in [-0.1, -0.05) is 13.8 Å². The molecule has 0 amide bonds. The lowest BCUT2D eigenvalue weighted by Gasteiger charge is -2.32. The van der Waals surface area contributed by atoms with Gasteiger partial charge in [0.25, 0.3) is 0 Å². The van der Waals surface area contributed by atoms with Crippen molar-refractivity contribution >= 4 is 5.96 Å². The van der Waals surface area contributed by atoms with Crippen molar-refractivity contribution in [3.05, 3.63) is 0 Å². The lowest BCUT2D eigenvalue weighted by molar-refractivity contribution is 0.226. The quantitative estimate of drug-likeness (QED) is 0.291. The van der Waals surface area contributed by atoms with Crippen LogP contribution in [-0.2, 0) is 0 Å². The fraction of sp³-hybridized carbons (Fsp3) is 0.917. The second kappa shape index (κ2) is 5.53. The van der Waals surface area contributed by atoms with Gasteiger partial charge in [-0.3, -0.25) is 5.43 Å². The highest BCUT2D eigenvalue weighted by Gasteiger charge is 2.26. The molecule has 0 atom stereocenters. The average molecular weight is 226 g/mol. The van der Waals surface area contributed by atoms with Crippen LogP contribution in [0.3, 0.4) is 0 Å². The summed E-state index contributed by atoms with van der Waals surface area (Å²) < 4.78 is 0. The zero-order chi connectivity index (χ0) is 12.2. The Morgan fingerprint density at radius 3 is 2.31 bits per heavy atom. The van der Waals surface area contributed by atoms with E-state index in [9.17, 15) is 0 Å². The summed E-state index contributed by atoms with van der Waals surface area (Å²) in [6, 6.07) is 0.778. The zero-order valence-corrected chi connectivity index (χ0v) is 11.0. The molecule has 0 heterocycles. The maximum absolute atomic E-state index is 5.45.